The summed E-state index contributed by atoms with van der Waals surface area (Å²) in [6.45, 7) is 0. The third-order valence-corrected chi connectivity index (χ3v) is 12.1. The fraction of sp³-hybridized carbons (Fsp3) is 0. The fourth-order valence-corrected chi connectivity index (χ4v) is 8.93. The van der Waals surface area contributed by atoms with Gasteiger partial charge in [0.1, 0.15) is 11.2 Å². The first kappa shape index (κ1) is 36.4. The molecule has 0 bridgehead atoms. The van der Waals surface area contributed by atoms with E-state index < -0.39 is 0 Å². The van der Waals surface area contributed by atoms with Crippen LogP contribution in [0.25, 0.3) is 122 Å². The summed E-state index contributed by atoms with van der Waals surface area (Å²) in [6, 6.07) is 78.7. The topological polar surface area (TPSA) is 51.8 Å². The van der Waals surface area contributed by atoms with Gasteiger partial charge in [-0.05, 0) is 84.8 Å². The zero-order valence-electron chi connectivity index (χ0n) is 34.1. The van der Waals surface area contributed by atoms with Crippen molar-refractivity contribution in [2.75, 3.05) is 0 Å². The summed E-state index contributed by atoms with van der Waals surface area (Å²) >= 11 is 0. The highest BCUT2D eigenvalue weighted by atomic mass is 16.3. The standard InChI is InChI=1S/C59H37N3O/c1-3-12-38(13-4-1)42-22-28-44(29-23-42)57-60-58(45-30-24-43(25-31-45)39-14-5-2-6-15-39)62-59(61-57)55-50(48-32-26-40-16-7-9-18-46(40)36-48)34-35-53-54(55)52-21-11-20-51(56(52)63-53)49-33-27-41-17-8-10-19-47(41)37-49/h1-37H. The summed E-state index contributed by atoms with van der Waals surface area (Å²) in [4.78, 5) is 16.0. The van der Waals surface area contributed by atoms with E-state index in [9.17, 15) is 0 Å². The molecule has 0 aliphatic heterocycles. The third kappa shape index (κ3) is 6.62. The van der Waals surface area contributed by atoms with Gasteiger partial charge in [0.15, 0.2) is 17.5 Å². The van der Waals surface area contributed by atoms with Gasteiger partial charge in [-0.3, -0.25) is 0 Å². The molecule has 63 heavy (non-hydrogen) atoms. The van der Waals surface area contributed by atoms with Crippen LogP contribution in [0, 0.1) is 0 Å². The van der Waals surface area contributed by atoms with Crippen molar-refractivity contribution < 1.29 is 4.42 Å². The second-order valence-corrected chi connectivity index (χ2v) is 16.0. The van der Waals surface area contributed by atoms with Gasteiger partial charge >= 0.3 is 0 Å². The van der Waals surface area contributed by atoms with Crippen LogP contribution >= 0.6 is 0 Å². The SMILES string of the molecule is c1ccc(-c2ccc(-c3nc(-c4ccc(-c5ccccc5)cc4)nc(-c4c(-c5ccc6ccccc6c5)ccc5oc6c(-c7ccc8ccccc8c7)cccc6c45)n3)cc2)cc1. The Morgan fingerprint density at radius 3 is 1.29 bits per heavy atom. The molecule has 2 heterocycles. The number of fused-ring (bicyclic) bond motifs is 5. The van der Waals surface area contributed by atoms with E-state index in [0.29, 0.717) is 17.5 Å². The van der Waals surface area contributed by atoms with Crippen LogP contribution in [0.1, 0.15) is 0 Å². The molecule has 0 aliphatic rings. The maximum absolute atomic E-state index is 6.94. The van der Waals surface area contributed by atoms with Gasteiger partial charge in [-0.15, -0.1) is 0 Å². The van der Waals surface area contributed by atoms with Crippen LogP contribution in [0.2, 0.25) is 0 Å². The van der Waals surface area contributed by atoms with Crippen LogP contribution in [-0.2, 0) is 0 Å². The average molecular weight is 804 g/mol. The number of furan rings is 1. The van der Waals surface area contributed by atoms with Crippen molar-refractivity contribution in [2.24, 2.45) is 0 Å². The minimum atomic E-state index is 0.571. The maximum Gasteiger partial charge on any atom is 0.165 e. The van der Waals surface area contributed by atoms with Crippen LogP contribution in [-0.4, -0.2) is 15.0 Å². The number of aromatic nitrogens is 3. The zero-order chi connectivity index (χ0) is 41.7. The fourth-order valence-electron chi connectivity index (χ4n) is 8.93. The van der Waals surface area contributed by atoms with Gasteiger partial charge in [-0.2, -0.15) is 0 Å². The maximum atomic E-state index is 6.94. The molecule has 0 N–H and O–H groups in total. The number of rotatable bonds is 7. The molecule has 0 fully saturated rings. The van der Waals surface area contributed by atoms with Crippen molar-refractivity contribution in [2.45, 2.75) is 0 Å². The molecule has 4 nitrogen and oxygen atoms in total. The van der Waals surface area contributed by atoms with Gasteiger partial charge in [-0.1, -0.05) is 200 Å². The largest absolute Gasteiger partial charge is 0.455 e. The average Bonchev–Trinajstić information content (AvgIpc) is 3.75. The van der Waals surface area contributed by atoms with E-state index in [1.54, 1.807) is 0 Å². The van der Waals surface area contributed by atoms with E-state index >= 15 is 0 Å². The quantitative estimate of drug-likeness (QED) is 0.161. The number of benzene rings is 10. The first-order valence-electron chi connectivity index (χ1n) is 21.2. The molecule has 4 heteroatoms. The first-order chi connectivity index (χ1) is 31.2. The number of nitrogens with zero attached hydrogens (tertiary/aromatic N) is 3. The highest BCUT2D eigenvalue weighted by molar-refractivity contribution is 6.18. The molecule has 0 saturated heterocycles. The normalized spacial score (nSPS) is 11.5. The molecule has 2 aromatic heterocycles. The van der Waals surface area contributed by atoms with Gasteiger partial charge in [0, 0.05) is 33.0 Å². The van der Waals surface area contributed by atoms with Crippen LogP contribution in [0.15, 0.2) is 229 Å². The minimum Gasteiger partial charge on any atom is -0.455 e. The molecule has 0 unspecified atom stereocenters. The molecular formula is C59H37N3O. The van der Waals surface area contributed by atoms with Crippen molar-refractivity contribution in [3.8, 4) is 78.7 Å². The van der Waals surface area contributed by atoms with Gasteiger partial charge < -0.3 is 4.42 Å². The van der Waals surface area contributed by atoms with E-state index in [1.807, 2.05) is 12.1 Å². The molecule has 12 aromatic rings. The van der Waals surface area contributed by atoms with Crippen molar-refractivity contribution in [1.29, 1.82) is 0 Å². The van der Waals surface area contributed by atoms with Crippen LogP contribution in [0.4, 0.5) is 0 Å². The Morgan fingerprint density at radius 2 is 0.730 bits per heavy atom. The van der Waals surface area contributed by atoms with Crippen molar-refractivity contribution in [3.05, 3.63) is 224 Å². The Kier molecular flexibility index (Phi) is 8.79. The molecule has 10 aromatic carbocycles. The lowest BCUT2D eigenvalue weighted by atomic mass is 9.92. The second kappa shape index (κ2) is 15.2. The lowest BCUT2D eigenvalue weighted by Gasteiger charge is -2.14. The smallest absolute Gasteiger partial charge is 0.165 e. The molecule has 0 aliphatic carbocycles. The monoisotopic (exact) mass is 803 g/mol. The predicted molar refractivity (Wildman–Crippen MR) is 260 cm³/mol. The summed E-state index contributed by atoms with van der Waals surface area (Å²) in [5, 5.41) is 6.68. The highest BCUT2D eigenvalue weighted by Crippen LogP contribution is 2.45. The Bertz CT molecular complexity index is 3550. The molecular weight excluding hydrogens is 767 g/mol. The lowest BCUT2D eigenvalue weighted by Crippen LogP contribution is -2.01. The Hall–Kier alpha value is -8.47. The molecule has 0 radical (unpaired) electrons. The predicted octanol–water partition coefficient (Wildman–Crippen LogP) is 15.7. The van der Waals surface area contributed by atoms with E-state index in [0.717, 1.165) is 88.5 Å². The van der Waals surface area contributed by atoms with Crippen LogP contribution < -0.4 is 0 Å². The Balaban J connectivity index is 1.11. The molecule has 12 rings (SSSR count). The molecule has 0 saturated carbocycles. The van der Waals surface area contributed by atoms with E-state index in [4.69, 9.17) is 19.4 Å². The lowest BCUT2D eigenvalue weighted by molar-refractivity contribution is 0.670. The zero-order valence-corrected chi connectivity index (χ0v) is 34.1. The summed E-state index contributed by atoms with van der Waals surface area (Å²) in [5.74, 6) is 1.75. The van der Waals surface area contributed by atoms with Crippen molar-refractivity contribution in [3.63, 3.8) is 0 Å². The van der Waals surface area contributed by atoms with E-state index in [1.165, 1.54) is 16.2 Å². The number of para-hydroxylation sites is 1. The molecule has 294 valence electrons. The molecule has 0 amide bonds. The van der Waals surface area contributed by atoms with Gasteiger partial charge in [0.2, 0.25) is 0 Å². The van der Waals surface area contributed by atoms with Gasteiger partial charge in [0.05, 0.1) is 0 Å². The summed E-state index contributed by atoms with van der Waals surface area (Å²) in [7, 11) is 0. The highest BCUT2D eigenvalue weighted by Gasteiger charge is 2.24. The van der Waals surface area contributed by atoms with Crippen LogP contribution in [0.5, 0.6) is 0 Å². The first-order valence-corrected chi connectivity index (χ1v) is 21.2. The summed E-state index contributed by atoms with van der Waals surface area (Å²) < 4.78 is 6.94. The number of hydrogen-bond acceptors (Lipinski definition) is 4. The Morgan fingerprint density at radius 1 is 0.286 bits per heavy atom. The number of hydrogen-bond donors (Lipinski definition) is 0. The second-order valence-electron chi connectivity index (χ2n) is 16.0. The molecule has 0 atom stereocenters. The summed E-state index contributed by atoms with van der Waals surface area (Å²) in [6.07, 6.45) is 0. The van der Waals surface area contributed by atoms with Crippen LogP contribution in [0.3, 0.4) is 0 Å². The van der Waals surface area contributed by atoms with Gasteiger partial charge in [0.25, 0.3) is 0 Å². The van der Waals surface area contributed by atoms with Crippen molar-refractivity contribution in [1.82, 2.24) is 15.0 Å². The van der Waals surface area contributed by atoms with Gasteiger partial charge in [-0.25, -0.2) is 15.0 Å². The molecule has 0 spiro atoms. The minimum absolute atomic E-state index is 0.571. The Labute approximate surface area is 364 Å². The van der Waals surface area contributed by atoms with Crippen molar-refractivity contribution >= 4 is 43.5 Å². The van der Waals surface area contributed by atoms with E-state index in [-0.39, 0.29) is 0 Å². The summed E-state index contributed by atoms with van der Waals surface area (Å²) in [5.41, 5.74) is 13.0. The third-order valence-electron chi connectivity index (χ3n) is 12.1. The van der Waals surface area contributed by atoms with E-state index in [2.05, 4.69) is 212 Å².